The first-order valence-corrected chi connectivity index (χ1v) is 7.32. The zero-order valence-corrected chi connectivity index (χ0v) is 12.8. The highest BCUT2D eigenvalue weighted by molar-refractivity contribution is 9.11. The standard InChI is InChI=1S/C11H8Br2ClNS/c12-6-1-2-8(13)7(5-6)11(15)9-3-4-10(14)16-9/h1-5,11H,15H2. The van der Waals surface area contributed by atoms with E-state index in [1.54, 1.807) is 0 Å². The Balaban J connectivity index is 2.40. The van der Waals surface area contributed by atoms with Crippen LogP contribution in [-0.2, 0) is 0 Å². The predicted octanol–water partition coefficient (Wildman–Crippen LogP) is 4.97. The van der Waals surface area contributed by atoms with Crippen molar-refractivity contribution >= 4 is 54.8 Å². The second-order valence-corrected chi connectivity index (χ2v) is 6.80. The van der Waals surface area contributed by atoms with Gasteiger partial charge in [-0.15, -0.1) is 11.3 Å². The van der Waals surface area contributed by atoms with Crippen LogP contribution in [0.3, 0.4) is 0 Å². The summed E-state index contributed by atoms with van der Waals surface area (Å²) < 4.78 is 2.79. The van der Waals surface area contributed by atoms with Crippen molar-refractivity contribution in [1.29, 1.82) is 0 Å². The monoisotopic (exact) mass is 379 g/mol. The first kappa shape index (κ1) is 12.6. The molecule has 2 rings (SSSR count). The number of hydrogen-bond donors (Lipinski definition) is 1. The zero-order valence-electron chi connectivity index (χ0n) is 8.08. The molecule has 0 aliphatic carbocycles. The van der Waals surface area contributed by atoms with E-state index in [0.717, 1.165) is 23.7 Å². The third kappa shape index (κ3) is 2.68. The number of halogens is 3. The highest BCUT2D eigenvalue weighted by atomic mass is 79.9. The van der Waals surface area contributed by atoms with Crippen molar-refractivity contribution in [2.45, 2.75) is 6.04 Å². The summed E-state index contributed by atoms with van der Waals surface area (Å²) in [6.45, 7) is 0. The highest BCUT2D eigenvalue weighted by Gasteiger charge is 2.14. The third-order valence-corrected chi connectivity index (χ3v) is 4.72. The van der Waals surface area contributed by atoms with Crippen LogP contribution in [0.1, 0.15) is 16.5 Å². The summed E-state index contributed by atoms with van der Waals surface area (Å²) >= 11 is 14.4. The van der Waals surface area contributed by atoms with Crippen molar-refractivity contribution in [3.8, 4) is 0 Å². The number of nitrogens with two attached hydrogens (primary N) is 1. The summed E-state index contributed by atoms with van der Waals surface area (Å²) in [5.74, 6) is 0. The Morgan fingerprint density at radius 2 is 1.94 bits per heavy atom. The minimum Gasteiger partial charge on any atom is -0.320 e. The van der Waals surface area contributed by atoms with Crippen LogP contribution in [0, 0.1) is 0 Å². The molecular weight excluding hydrogens is 373 g/mol. The van der Waals surface area contributed by atoms with E-state index in [1.165, 1.54) is 11.3 Å². The van der Waals surface area contributed by atoms with E-state index in [9.17, 15) is 0 Å². The first-order chi connectivity index (χ1) is 7.58. The molecule has 1 atom stereocenters. The first-order valence-electron chi connectivity index (χ1n) is 4.53. The van der Waals surface area contributed by atoms with Gasteiger partial charge in [0.1, 0.15) is 0 Å². The molecule has 2 aromatic rings. The Hall–Kier alpha value is 0.130. The van der Waals surface area contributed by atoms with Crippen LogP contribution in [0.25, 0.3) is 0 Å². The van der Waals surface area contributed by atoms with Gasteiger partial charge in [0.15, 0.2) is 0 Å². The van der Waals surface area contributed by atoms with Gasteiger partial charge in [0.2, 0.25) is 0 Å². The SMILES string of the molecule is NC(c1ccc(Cl)s1)c1cc(Br)ccc1Br. The third-order valence-electron chi connectivity index (χ3n) is 2.19. The van der Waals surface area contributed by atoms with Crippen LogP contribution in [0.15, 0.2) is 39.3 Å². The molecule has 84 valence electrons. The second-order valence-electron chi connectivity index (χ2n) is 3.29. The molecule has 1 unspecified atom stereocenters. The van der Waals surface area contributed by atoms with Gasteiger partial charge in [0, 0.05) is 13.8 Å². The number of hydrogen-bond acceptors (Lipinski definition) is 2. The summed E-state index contributed by atoms with van der Waals surface area (Å²) in [6, 6.07) is 9.65. The maximum absolute atomic E-state index is 6.20. The molecular formula is C11H8Br2ClNS. The summed E-state index contributed by atoms with van der Waals surface area (Å²) in [4.78, 5) is 1.06. The Labute approximate surface area is 120 Å². The molecule has 0 bridgehead atoms. The second kappa shape index (κ2) is 5.19. The quantitative estimate of drug-likeness (QED) is 0.780. The fourth-order valence-electron chi connectivity index (χ4n) is 1.40. The fraction of sp³-hybridized carbons (Fsp3) is 0.0909. The van der Waals surface area contributed by atoms with Crippen molar-refractivity contribution in [3.05, 3.63) is 54.1 Å². The van der Waals surface area contributed by atoms with Crippen LogP contribution in [0.5, 0.6) is 0 Å². The van der Waals surface area contributed by atoms with Crippen LogP contribution >= 0.6 is 54.8 Å². The summed E-state index contributed by atoms with van der Waals surface area (Å²) in [6.07, 6.45) is 0. The normalized spacial score (nSPS) is 12.8. The summed E-state index contributed by atoms with van der Waals surface area (Å²) in [5, 5.41) is 0. The number of rotatable bonds is 2. The molecule has 0 aliphatic heterocycles. The topological polar surface area (TPSA) is 26.0 Å². The smallest absolute Gasteiger partial charge is 0.0931 e. The lowest BCUT2D eigenvalue weighted by atomic mass is 10.1. The van der Waals surface area contributed by atoms with Gasteiger partial charge in [-0.2, -0.15) is 0 Å². The zero-order chi connectivity index (χ0) is 11.7. The minimum absolute atomic E-state index is 0.149. The molecule has 1 heterocycles. The van der Waals surface area contributed by atoms with E-state index in [2.05, 4.69) is 31.9 Å². The largest absolute Gasteiger partial charge is 0.320 e. The van der Waals surface area contributed by atoms with Gasteiger partial charge in [0.25, 0.3) is 0 Å². The molecule has 1 aromatic carbocycles. The maximum Gasteiger partial charge on any atom is 0.0931 e. The van der Waals surface area contributed by atoms with Crippen LogP contribution in [0.2, 0.25) is 4.34 Å². The van der Waals surface area contributed by atoms with E-state index in [0.29, 0.717) is 0 Å². The van der Waals surface area contributed by atoms with Crippen LogP contribution < -0.4 is 5.73 Å². The lowest BCUT2D eigenvalue weighted by Gasteiger charge is -2.12. The highest BCUT2D eigenvalue weighted by Crippen LogP contribution is 2.33. The van der Waals surface area contributed by atoms with Crippen molar-refractivity contribution in [2.24, 2.45) is 5.73 Å². The molecule has 16 heavy (non-hydrogen) atoms. The predicted molar refractivity (Wildman–Crippen MR) is 77.2 cm³/mol. The van der Waals surface area contributed by atoms with Crippen molar-refractivity contribution in [2.75, 3.05) is 0 Å². The van der Waals surface area contributed by atoms with Gasteiger partial charge < -0.3 is 5.73 Å². The van der Waals surface area contributed by atoms with Gasteiger partial charge in [-0.05, 0) is 35.9 Å². The average molecular weight is 382 g/mol. The lowest BCUT2D eigenvalue weighted by Crippen LogP contribution is -2.10. The molecule has 0 saturated heterocycles. The average Bonchev–Trinajstić information content (AvgIpc) is 2.67. The minimum atomic E-state index is -0.149. The van der Waals surface area contributed by atoms with E-state index in [1.807, 2.05) is 30.3 Å². The molecule has 0 aliphatic rings. The summed E-state index contributed by atoms with van der Waals surface area (Å²) in [5.41, 5.74) is 7.25. The van der Waals surface area contributed by atoms with Crippen LogP contribution in [-0.4, -0.2) is 0 Å². The Kier molecular flexibility index (Phi) is 4.08. The van der Waals surface area contributed by atoms with Gasteiger partial charge >= 0.3 is 0 Å². The number of benzene rings is 1. The maximum atomic E-state index is 6.20. The summed E-state index contributed by atoms with van der Waals surface area (Å²) in [7, 11) is 0. The fourth-order valence-corrected chi connectivity index (χ4v) is 3.36. The van der Waals surface area contributed by atoms with E-state index in [-0.39, 0.29) is 6.04 Å². The Bertz CT molecular complexity index is 512. The van der Waals surface area contributed by atoms with Crippen molar-refractivity contribution in [3.63, 3.8) is 0 Å². The Morgan fingerprint density at radius 1 is 1.19 bits per heavy atom. The van der Waals surface area contributed by atoms with E-state index in [4.69, 9.17) is 17.3 Å². The van der Waals surface area contributed by atoms with Gasteiger partial charge in [-0.3, -0.25) is 0 Å². The van der Waals surface area contributed by atoms with Gasteiger partial charge in [-0.25, -0.2) is 0 Å². The Morgan fingerprint density at radius 3 is 2.56 bits per heavy atom. The lowest BCUT2D eigenvalue weighted by molar-refractivity contribution is 0.886. The number of thiophene rings is 1. The molecule has 0 spiro atoms. The van der Waals surface area contributed by atoms with Gasteiger partial charge in [0.05, 0.1) is 10.4 Å². The molecule has 0 fully saturated rings. The molecule has 1 nitrogen and oxygen atoms in total. The van der Waals surface area contributed by atoms with Crippen molar-refractivity contribution in [1.82, 2.24) is 0 Å². The van der Waals surface area contributed by atoms with Gasteiger partial charge in [-0.1, -0.05) is 43.5 Å². The van der Waals surface area contributed by atoms with E-state index >= 15 is 0 Å². The molecule has 0 radical (unpaired) electrons. The molecule has 2 N–H and O–H groups in total. The van der Waals surface area contributed by atoms with Crippen molar-refractivity contribution < 1.29 is 0 Å². The van der Waals surface area contributed by atoms with E-state index < -0.39 is 0 Å². The molecule has 5 heteroatoms. The molecule has 1 aromatic heterocycles. The molecule has 0 saturated carbocycles. The van der Waals surface area contributed by atoms with Crippen LogP contribution in [0.4, 0.5) is 0 Å². The molecule has 0 amide bonds.